The van der Waals surface area contributed by atoms with Gasteiger partial charge >= 0.3 is 5.97 Å². The van der Waals surface area contributed by atoms with Crippen molar-refractivity contribution in [3.8, 4) is 0 Å². The Balaban J connectivity index is 1.69. The zero-order valence-corrected chi connectivity index (χ0v) is 20.9. The van der Waals surface area contributed by atoms with Crippen LogP contribution < -0.4 is 0 Å². The highest BCUT2D eigenvalue weighted by Gasteiger charge is 2.47. The average Bonchev–Trinajstić information content (AvgIpc) is 3.23. The van der Waals surface area contributed by atoms with Crippen LogP contribution in [0, 0.1) is 0 Å². The molecule has 0 N–H and O–H groups in total. The second kappa shape index (κ2) is 10.0. The van der Waals surface area contributed by atoms with Crippen molar-refractivity contribution in [2.75, 3.05) is 13.2 Å². The lowest BCUT2D eigenvalue weighted by atomic mass is 9.89. The fourth-order valence-electron chi connectivity index (χ4n) is 4.73. The minimum atomic E-state index is -0.405. The molecule has 1 amide bonds. The van der Waals surface area contributed by atoms with E-state index in [1.54, 1.807) is 24.1 Å². The van der Waals surface area contributed by atoms with Gasteiger partial charge in [0.05, 0.1) is 23.9 Å². The zero-order valence-electron chi connectivity index (χ0n) is 19.4. The van der Waals surface area contributed by atoms with Gasteiger partial charge < -0.3 is 4.74 Å². The van der Waals surface area contributed by atoms with E-state index in [9.17, 15) is 9.59 Å². The van der Waals surface area contributed by atoms with Crippen LogP contribution >= 0.6 is 15.9 Å². The number of ether oxygens (including phenoxy) is 1. The number of fused-ring (bicyclic) bond motifs is 3. The molecule has 0 fully saturated rings. The molecule has 1 atom stereocenters. The van der Waals surface area contributed by atoms with Crippen LogP contribution in [0.2, 0.25) is 0 Å². The van der Waals surface area contributed by atoms with Crippen LogP contribution in [0.3, 0.4) is 0 Å². The third kappa shape index (κ3) is 4.47. The second-order valence-corrected chi connectivity index (χ2v) is 9.32. The van der Waals surface area contributed by atoms with Crippen molar-refractivity contribution in [2.45, 2.75) is 19.4 Å². The number of carbonyl (C=O) groups is 2. The standard InChI is InChI=1S/C29H25BrN2O3/c1-2-35-29(34)26-25(17-14-20-12-15-23(30)16-13-20)32(28(33)22-9-4-3-5-10-22)31-19-18-21-8-6-7-11-24(21)27(26)31/h3-17,27H,2,18-19H2,1H3/b17-14+/t27-/m1/s1. The second-order valence-electron chi connectivity index (χ2n) is 8.40. The van der Waals surface area contributed by atoms with Crippen molar-refractivity contribution in [2.24, 2.45) is 0 Å². The molecule has 0 saturated heterocycles. The van der Waals surface area contributed by atoms with Crippen molar-refractivity contribution in [3.63, 3.8) is 0 Å². The van der Waals surface area contributed by atoms with E-state index in [-0.39, 0.29) is 12.5 Å². The Hall–Kier alpha value is -3.48. The first-order valence-corrected chi connectivity index (χ1v) is 12.5. The van der Waals surface area contributed by atoms with E-state index < -0.39 is 12.0 Å². The van der Waals surface area contributed by atoms with E-state index >= 15 is 0 Å². The summed E-state index contributed by atoms with van der Waals surface area (Å²) in [6.45, 7) is 2.66. The summed E-state index contributed by atoms with van der Waals surface area (Å²) in [6, 6.07) is 24.8. The van der Waals surface area contributed by atoms with Gasteiger partial charge in [0, 0.05) is 16.6 Å². The summed E-state index contributed by atoms with van der Waals surface area (Å²) in [5.74, 6) is -0.581. The van der Waals surface area contributed by atoms with Crippen LogP contribution in [0.15, 0.2) is 101 Å². The molecular formula is C29H25BrN2O3. The summed E-state index contributed by atoms with van der Waals surface area (Å²) in [5.41, 5.74) is 4.75. The molecule has 0 bridgehead atoms. The average molecular weight is 529 g/mol. The van der Waals surface area contributed by atoms with Gasteiger partial charge in [-0.3, -0.25) is 4.79 Å². The summed E-state index contributed by atoms with van der Waals surface area (Å²) in [6.07, 6.45) is 4.57. The van der Waals surface area contributed by atoms with E-state index in [1.165, 1.54) is 5.56 Å². The highest BCUT2D eigenvalue weighted by molar-refractivity contribution is 9.10. The zero-order chi connectivity index (χ0) is 24.4. The van der Waals surface area contributed by atoms with Gasteiger partial charge in [0.2, 0.25) is 0 Å². The normalized spacial score (nSPS) is 17.4. The molecular weight excluding hydrogens is 504 g/mol. The summed E-state index contributed by atoms with van der Waals surface area (Å²) in [5, 5.41) is 3.67. The fourth-order valence-corrected chi connectivity index (χ4v) is 4.99. The number of esters is 1. The quantitative estimate of drug-likeness (QED) is 0.384. The molecule has 176 valence electrons. The summed E-state index contributed by atoms with van der Waals surface area (Å²) < 4.78 is 6.50. The molecule has 2 aliphatic heterocycles. The van der Waals surface area contributed by atoms with Gasteiger partial charge in [-0.1, -0.05) is 76.6 Å². The molecule has 5 nitrogen and oxygen atoms in total. The molecule has 0 radical (unpaired) electrons. The van der Waals surface area contributed by atoms with Crippen LogP contribution in [0.5, 0.6) is 0 Å². The van der Waals surface area contributed by atoms with Crippen LogP contribution in [0.4, 0.5) is 0 Å². The minimum Gasteiger partial charge on any atom is -0.463 e. The highest BCUT2D eigenvalue weighted by atomic mass is 79.9. The molecule has 0 aromatic heterocycles. The summed E-state index contributed by atoms with van der Waals surface area (Å²) in [7, 11) is 0. The molecule has 0 unspecified atom stereocenters. The smallest absolute Gasteiger partial charge is 0.338 e. The first-order chi connectivity index (χ1) is 17.1. The van der Waals surface area contributed by atoms with Crippen LogP contribution in [0.1, 0.15) is 40.0 Å². The van der Waals surface area contributed by atoms with E-state index in [0.29, 0.717) is 23.4 Å². The molecule has 0 aliphatic carbocycles. The predicted molar refractivity (Wildman–Crippen MR) is 139 cm³/mol. The maximum absolute atomic E-state index is 13.9. The Morgan fingerprint density at radius 3 is 2.43 bits per heavy atom. The Kier molecular flexibility index (Phi) is 6.66. The van der Waals surface area contributed by atoms with E-state index in [2.05, 4.69) is 22.0 Å². The SMILES string of the molecule is CCOC(=O)C1=C(/C=C/c2ccc(Br)cc2)N(C(=O)c2ccccc2)N2CCc3ccccc3[C@H]12. The van der Waals surface area contributed by atoms with Crippen LogP contribution in [0.25, 0.3) is 6.08 Å². The first kappa shape index (κ1) is 23.3. The van der Waals surface area contributed by atoms with Gasteiger partial charge in [-0.2, -0.15) is 0 Å². The maximum atomic E-state index is 13.9. The fraction of sp³-hybridized carbons (Fsp3) is 0.172. The van der Waals surface area contributed by atoms with Gasteiger partial charge in [0.1, 0.15) is 0 Å². The number of rotatable bonds is 5. The molecule has 2 heterocycles. The van der Waals surface area contributed by atoms with Gasteiger partial charge in [-0.15, -0.1) is 0 Å². The highest BCUT2D eigenvalue weighted by Crippen LogP contribution is 2.45. The molecule has 3 aromatic carbocycles. The van der Waals surface area contributed by atoms with E-state index in [1.807, 2.05) is 77.8 Å². The van der Waals surface area contributed by atoms with Crippen molar-refractivity contribution >= 4 is 33.9 Å². The molecule has 2 aliphatic rings. The van der Waals surface area contributed by atoms with Crippen molar-refractivity contribution in [3.05, 3.63) is 123 Å². The number of hydrazine groups is 1. The van der Waals surface area contributed by atoms with Crippen molar-refractivity contribution in [1.82, 2.24) is 10.0 Å². The Bertz CT molecular complexity index is 1320. The van der Waals surface area contributed by atoms with Gasteiger partial charge in [-0.05, 0) is 60.4 Å². The first-order valence-electron chi connectivity index (χ1n) is 11.7. The molecule has 35 heavy (non-hydrogen) atoms. The maximum Gasteiger partial charge on any atom is 0.338 e. The molecule has 6 heteroatoms. The van der Waals surface area contributed by atoms with Crippen molar-refractivity contribution < 1.29 is 14.3 Å². The largest absolute Gasteiger partial charge is 0.463 e. The van der Waals surface area contributed by atoms with Crippen LogP contribution in [-0.2, 0) is 16.0 Å². The number of halogens is 1. The summed E-state index contributed by atoms with van der Waals surface area (Å²) >= 11 is 3.47. The van der Waals surface area contributed by atoms with Gasteiger partial charge in [0.25, 0.3) is 5.91 Å². The number of nitrogens with zero attached hydrogens (tertiary/aromatic N) is 2. The minimum absolute atomic E-state index is 0.176. The van der Waals surface area contributed by atoms with E-state index in [0.717, 1.165) is 22.0 Å². The number of amides is 1. The number of hydrogen-bond acceptors (Lipinski definition) is 4. The Morgan fingerprint density at radius 2 is 1.69 bits per heavy atom. The Morgan fingerprint density at radius 1 is 0.971 bits per heavy atom. The lowest BCUT2D eigenvalue weighted by Gasteiger charge is -2.38. The number of carbonyl (C=O) groups excluding carboxylic acids is 2. The number of benzene rings is 3. The van der Waals surface area contributed by atoms with Gasteiger partial charge in [-0.25, -0.2) is 14.8 Å². The molecule has 5 rings (SSSR count). The molecule has 0 saturated carbocycles. The number of hydrogen-bond donors (Lipinski definition) is 0. The molecule has 3 aromatic rings. The third-order valence-corrected chi connectivity index (χ3v) is 6.83. The topological polar surface area (TPSA) is 49.9 Å². The predicted octanol–water partition coefficient (Wildman–Crippen LogP) is 5.95. The van der Waals surface area contributed by atoms with E-state index in [4.69, 9.17) is 4.74 Å². The number of allylic oxidation sites excluding steroid dienone is 1. The van der Waals surface area contributed by atoms with Crippen molar-refractivity contribution in [1.29, 1.82) is 0 Å². The monoisotopic (exact) mass is 528 g/mol. The van der Waals surface area contributed by atoms with Crippen LogP contribution in [-0.4, -0.2) is 35.0 Å². The summed E-state index contributed by atoms with van der Waals surface area (Å²) in [4.78, 5) is 27.3. The third-order valence-electron chi connectivity index (χ3n) is 6.30. The molecule has 0 spiro atoms. The Labute approximate surface area is 213 Å². The lowest BCUT2D eigenvalue weighted by molar-refractivity contribution is -0.139. The lowest BCUT2D eigenvalue weighted by Crippen LogP contribution is -2.46. The van der Waals surface area contributed by atoms with Gasteiger partial charge in [0.15, 0.2) is 0 Å².